The van der Waals surface area contributed by atoms with E-state index >= 15 is 0 Å². The van der Waals surface area contributed by atoms with E-state index in [2.05, 4.69) is 5.32 Å². The number of carbonyl (C=O) groups is 2. The number of nitrogens with zero attached hydrogens (tertiary/aromatic N) is 1. The number of anilines is 1. The number of benzene rings is 1. The number of carboxylic acids is 1. The number of hydrogen-bond donors (Lipinski definition) is 2. The molecule has 0 atom stereocenters. The van der Waals surface area contributed by atoms with Crippen molar-refractivity contribution in [2.24, 2.45) is 0 Å². The number of nitrogens with one attached hydrogen (secondary N) is 1. The van der Waals surface area contributed by atoms with E-state index in [4.69, 9.17) is 16.7 Å². The molecule has 0 saturated heterocycles. The van der Waals surface area contributed by atoms with Crippen molar-refractivity contribution in [3.63, 3.8) is 0 Å². The molecule has 0 unspecified atom stereocenters. The summed E-state index contributed by atoms with van der Waals surface area (Å²) in [7, 11) is 1.66. The summed E-state index contributed by atoms with van der Waals surface area (Å²) in [6, 6.07) is 4.61. The van der Waals surface area contributed by atoms with Crippen molar-refractivity contribution in [3.05, 3.63) is 28.8 Å². The molecule has 0 saturated carbocycles. The van der Waals surface area contributed by atoms with Crippen LogP contribution in [-0.4, -0.2) is 36.6 Å². The molecule has 5 nitrogen and oxygen atoms in total. The van der Waals surface area contributed by atoms with Crippen LogP contribution in [0.25, 0.3) is 0 Å². The highest BCUT2D eigenvalue weighted by atomic mass is 35.5. The van der Waals surface area contributed by atoms with Crippen LogP contribution in [0, 0.1) is 0 Å². The van der Waals surface area contributed by atoms with Crippen LogP contribution in [0.4, 0.5) is 5.69 Å². The molecule has 1 amide bonds. The lowest BCUT2D eigenvalue weighted by Gasteiger charge is -2.21. The van der Waals surface area contributed by atoms with Gasteiger partial charge in [-0.3, -0.25) is 4.79 Å². The summed E-state index contributed by atoms with van der Waals surface area (Å²) in [5.41, 5.74) is 0.531. The predicted octanol–water partition coefficient (Wildman–Crippen LogP) is 2.00. The Hall–Kier alpha value is -1.75. The monoisotopic (exact) mass is 284 g/mol. The molecule has 1 aromatic rings. The van der Waals surface area contributed by atoms with Gasteiger partial charge < -0.3 is 15.3 Å². The Morgan fingerprint density at radius 1 is 1.42 bits per heavy atom. The molecule has 104 valence electrons. The Balaban J connectivity index is 2.90. The molecular formula is C13H17ClN2O3. The van der Waals surface area contributed by atoms with Crippen molar-refractivity contribution in [2.75, 3.05) is 18.5 Å². The Labute approximate surface area is 117 Å². The summed E-state index contributed by atoms with van der Waals surface area (Å²) in [5.74, 6) is -1.24. The van der Waals surface area contributed by atoms with Crippen LogP contribution in [0.2, 0.25) is 5.02 Å². The van der Waals surface area contributed by atoms with Gasteiger partial charge in [0.15, 0.2) is 0 Å². The van der Waals surface area contributed by atoms with E-state index in [1.54, 1.807) is 24.1 Å². The molecule has 0 aliphatic heterocycles. The van der Waals surface area contributed by atoms with E-state index in [9.17, 15) is 9.59 Å². The molecule has 1 aromatic carbocycles. The van der Waals surface area contributed by atoms with Gasteiger partial charge in [0.05, 0.1) is 17.8 Å². The third-order valence-corrected chi connectivity index (χ3v) is 2.67. The second kappa shape index (κ2) is 6.43. The molecule has 0 heterocycles. The Morgan fingerprint density at radius 3 is 2.58 bits per heavy atom. The van der Waals surface area contributed by atoms with Crippen LogP contribution in [0.5, 0.6) is 0 Å². The van der Waals surface area contributed by atoms with Crippen molar-refractivity contribution in [1.82, 2.24) is 5.32 Å². The summed E-state index contributed by atoms with van der Waals surface area (Å²) < 4.78 is 0. The largest absolute Gasteiger partial charge is 0.478 e. The fraction of sp³-hybridized carbons (Fsp3) is 0.385. The normalized spacial score (nSPS) is 10.4. The Bertz CT molecular complexity index is 489. The number of rotatable bonds is 5. The summed E-state index contributed by atoms with van der Waals surface area (Å²) in [5, 5.41) is 12.2. The van der Waals surface area contributed by atoms with E-state index in [-0.39, 0.29) is 24.1 Å². The maximum Gasteiger partial charge on any atom is 0.337 e. The minimum Gasteiger partial charge on any atom is -0.478 e. The number of hydrogen-bond acceptors (Lipinski definition) is 3. The third kappa shape index (κ3) is 4.44. The summed E-state index contributed by atoms with van der Waals surface area (Å²) >= 11 is 5.78. The number of carboxylic acid groups (broad SMARTS) is 1. The van der Waals surface area contributed by atoms with Gasteiger partial charge in [-0.25, -0.2) is 4.79 Å². The second-order valence-corrected chi connectivity index (χ2v) is 4.98. The van der Waals surface area contributed by atoms with Crippen LogP contribution >= 0.6 is 11.6 Å². The average molecular weight is 285 g/mol. The van der Waals surface area contributed by atoms with Crippen LogP contribution in [0.15, 0.2) is 18.2 Å². The van der Waals surface area contributed by atoms with Gasteiger partial charge in [-0.15, -0.1) is 0 Å². The molecule has 0 aromatic heterocycles. The lowest BCUT2D eigenvalue weighted by Crippen LogP contribution is -2.39. The van der Waals surface area contributed by atoms with Gasteiger partial charge in [-0.1, -0.05) is 11.6 Å². The van der Waals surface area contributed by atoms with Crippen LogP contribution in [0.1, 0.15) is 24.2 Å². The smallest absolute Gasteiger partial charge is 0.337 e. The van der Waals surface area contributed by atoms with Gasteiger partial charge in [0, 0.05) is 18.1 Å². The van der Waals surface area contributed by atoms with Crippen LogP contribution in [0.3, 0.4) is 0 Å². The molecule has 1 rings (SSSR count). The topological polar surface area (TPSA) is 69.6 Å². The molecule has 0 radical (unpaired) electrons. The lowest BCUT2D eigenvalue weighted by molar-refractivity contribution is -0.120. The number of aromatic carboxylic acids is 1. The van der Waals surface area contributed by atoms with Crippen molar-refractivity contribution >= 4 is 29.2 Å². The first-order chi connectivity index (χ1) is 8.81. The first kappa shape index (κ1) is 15.3. The number of amides is 1. The minimum atomic E-state index is -1.08. The number of carbonyl (C=O) groups excluding carboxylic acids is 1. The van der Waals surface area contributed by atoms with E-state index in [0.29, 0.717) is 10.7 Å². The van der Waals surface area contributed by atoms with Crippen LogP contribution in [-0.2, 0) is 4.79 Å². The molecule has 2 N–H and O–H groups in total. The quantitative estimate of drug-likeness (QED) is 0.868. The van der Waals surface area contributed by atoms with E-state index < -0.39 is 5.97 Å². The van der Waals surface area contributed by atoms with E-state index in [1.807, 2.05) is 13.8 Å². The number of likely N-dealkylation sites (N-methyl/N-ethyl adjacent to an activating group) is 1. The molecule has 0 aliphatic carbocycles. The lowest BCUT2D eigenvalue weighted by atomic mass is 10.1. The summed E-state index contributed by atoms with van der Waals surface area (Å²) in [4.78, 5) is 24.4. The Kier molecular flexibility index (Phi) is 5.18. The summed E-state index contributed by atoms with van der Waals surface area (Å²) in [6.07, 6.45) is 0. The molecule has 0 bridgehead atoms. The van der Waals surface area contributed by atoms with Gasteiger partial charge in [0.2, 0.25) is 5.91 Å². The van der Waals surface area contributed by atoms with Crippen molar-refractivity contribution in [1.29, 1.82) is 0 Å². The van der Waals surface area contributed by atoms with Gasteiger partial charge in [0.25, 0.3) is 0 Å². The molecule has 19 heavy (non-hydrogen) atoms. The zero-order chi connectivity index (χ0) is 14.6. The van der Waals surface area contributed by atoms with Gasteiger partial charge in [-0.05, 0) is 32.0 Å². The average Bonchev–Trinajstić information content (AvgIpc) is 2.27. The molecule has 0 spiro atoms. The predicted molar refractivity (Wildman–Crippen MR) is 75.0 cm³/mol. The highest BCUT2D eigenvalue weighted by Gasteiger charge is 2.16. The van der Waals surface area contributed by atoms with Crippen LogP contribution < -0.4 is 10.2 Å². The van der Waals surface area contributed by atoms with E-state index in [1.165, 1.54) is 6.07 Å². The third-order valence-electron chi connectivity index (χ3n) is 2.43. The van der Waals surface area contributed by atoms with Crippen molar-refractivity contribution < 1.29 is 14.7 Å². The highest BCUT2D eigenvalue weighted by molar-refractivity contribution is 6.31. The Morgan fingerprint density at radius 2 is 2.05 bits per heavy atom. The van der Waals surface area contributed by atoms with Crippen molar-refractivity contribution in [3.8, 4) is 0 Å². The summed E-state index contributed by atoms with van der Waals surface area (Å²) in [6.45, 7) is 3.81. The molecule has 0 fully saturated rings. The fourth-order valence-electron chi connectivity index (χ4n) is 1.68. The van der Waals surface area contributed by atoms with Gasteiger partial charge >= 0.3 is 5.97 Å². The fourth-order valence-corrected chi connectivity index (χ4v) is 1.85. The van der Waals surface area contributed by atoms with Gasteiger partial charge in [0.1, 0.15) is 0 Å². The first-order valence-electron chi connectivity index (χ1n) is 5.84. The highest BCUT2D eigenvalue weighted by Crippen LogP contribution is 2.23. The zero-order valence-electron chi connectivity index (χ0n) is 11.1. The standard InChI is InChI=1S/C13H17ClN2O3/c1-8(2)15-12(17)7-16(3)11-5-4-9(14)6-10(11)13(18)19/h4-6,8H,7H2,1-3H3,(H,15,17)(H,18,19). The maximum absolute atomic E-state index is 11.7. The maximum atomic E-state index is 11.7. The van der Waals surface area contributed by atoms with Gasteiger partial charge in [-0.2, -0.15) is 0 Å². The van der Waals surface area contributed by atoms with Crippen molar-refractivity contribution in [2.45, 2.75) is 19.9 Å². The van der Waals surface area contributed by atoms with E-state index in [0.717, 1.165) is 0 Å². The number of halogens is 1. The zero-order valence-corrected chi connectivity index (χ0v) is 11.9. The minimum absolute atomic E-state index is 0.0464. The first-order valence-corrected chi connectivity index (χ1v) is 6.22. The second-order valence-electron chi connectivity index (χ2n) is 4.54. The molecular weight excluding hydrogens is 268 g/mol. The molecule has 6 heteroatoms. The SMILES string of the molecule is CC(C)NC(=O)CN(C)c1ccc(Cl)cc1C(=O)O. The molecule has 0 aliphatic rings.